The number of hydrogen-bond donors (Lipinski definition) is 1. The summed E-state index contributed by atoms with van der Waals surface area (Å²) in [6.45, 7) is 7.78. The fourth-order valence-electron chi connectivity index (χ4n) is 4.94. The molecule has 3 aliphatic heterocycles. The zero-order chi connectivity index (χ0) is 25.6. The van der Waals surface area contributed by atoms with Crippen molar-refractivity contribution in [3.05, 3.63) is 47.3 Å². The van der Waals surface area contributed by atoms with Crippen LogP contribution in [0.15, 0.2) is 30.9 Å². The van der Waals surface area contributed by atoms with Crippen LogP contribution in [0.5, 0.6) is 11.5 Å². The van der Waals surface area contributed by atoms with E-state index in [1.165, 1.54) is 24.3 Å². The van der Waals surface area contributed by atoms with E-state index in [4.69, 9.17) is 21.1 Å². The van der Waals surface area contributed by atoms with E-state index >= 15 is 0 Å². The zero-order valence-corrected chi connectivity index (χ0v) is 20.5. The smallest absolute Gasteiger partial charge is 0.261 e. The van der Waals surface area contributed by atoms with Gasteiger partial charge >= 0.3 is 0 Å². The highest BCUT2D eigenvalue weighted by atomic mass is 35.5. The van der Waals surface area contributed by atoms with Crippen molar-refractivity contribution in [3.8, 4) is 22.8 Å². The Morgan fingerprint density at radius 3 is 2.78 bits per heavy atom. The molecule has 11 heteroatoms. The molecule has 36 heavy (non-hydrogen) atoms. The molecule has 0 unspecified atom stereocenters. The summed E-state index contributed by atoms with van der Waals surface area (Å²) in [5, 5.41) is 10.4. The average molecular weight is 517 g/mol. The first-order valence-electron chi connectivity index (χ1n) is 11.7. The number of pyridine rings is 1. The van der Waals surface area contributed by atoms with Crippen LogP contribution in [0, 0.1) is 5.82 Å². The van der Waals surface area contributed by atoms with Gasteiger partial charge in [-0.3, -0.25) is 9.59 Å². The minimum Gasteiger partial charge on any atom is -0.507 e. The summed E-state index contributed by atoms with van der Waals surface area (Å²) in [5.41, 5.74) is -0.0107. The number of carbonyl (C=O) groups excluding carboxylic acids is 2. The van der Waals surface area contributed by atoms with Crippen molar-refractivity contribution < 1.29 is 28.6 Å². The number of piperazine rings is 1. The predicted molar refractivity (Wildman–Crippen MR) is 131 cm³/mol. The maximum Gasteiger partial charge on any atom is 0.261 e. The van der Waals surface area contributed by atoms with Gasteiger partial charge in [0, 0.05) is 26.2 Å². The third kappa shape index (κ3) is 4.04. The molecule has 4 heterocycles. The Morgan fingerprint density at radius 1 is 1.25 bits per heavy atom. The van der Waals surface area contributed by atoms with Crippen LogP contribution in [0.4, 0.5) is 10.2 Å². The zero-order valence-electron chi connectivity index (χ0n) is 19.7. The predicted octanol–water partition coefficient (Wildman–Crippen LogP) is 2.70. The fourth-order valence-corrected chi connectivity index (χ4v) is 5.22. The van der Waals surface area contributed by atoms with Gasteiger partial charge in [0.25, 0.3) is 5.91 Å². The third-order valence-electron chi connectivity index (χ3n) is 6.81. The first-order chi connectivity index (χ1) is 17.3. The molecule has 1 N–H and O–H groups in total. The summed E-state index contributed by atoms with van der Waals surface area (Å²) in [6.07, 6.45) is 1.25. The van der Waals surface area contributed by atoms with Gasteiger partial charge in [0.2, 0.25) is 5.91 Å². The second kappa shape index (κ2) is 9.59. The van der Waals surface area contributed by atoms with Gasteiger partial charge in [0.1, 0.15) is 40.3 Å². The van der Waals surface area contributed by atoms with E-state index in [1.807, 2.05) is 11.8 Å². The number of morpholine rings is 1. The molecule has 5 rings (SSSR count). The topological polar surface area (TPSA) is 95.4 Å². The number of aromatic nitrogens is 1. The summed E-state index contributed by atoms with van der Waals surface area (Å²) < 4.78 is 26.6. The Balaban J connectivity index is 1.67. The number of fused-ring (bicyclic) bond motifs is 2. The quantitative estimate of drug-likeness (QED) is 0.627. The van der Waals surface area contributed by atoms with Gasteiger partial charge in [-0.2, -0.15) is 0 Å². The number of ether oxygens (including phenoxy) is 2. The Kier molecular flexibility index (Phi) is 6.48. The summed E-state index contributed by atoms with van der Waals surface area (Å²) in [5.74, 6) is -1.21. The van der Waals surface area contributed by atoms with Crippen LogP contribution < -0.4 is 9.64 Å². The maximum absolute atomic E-state index is 14.9. The average Bonchev–Trinajstić information content (AvgIpc) is 3.02. The second-order valence-electron chi connectivity index (χ2n) is 9.01. The van der Waals surface area contributed by atoms with E-state index in [2.05, 4.69) is 11.6 Å². The lowest BCUT2D eigenvalue weighted by atomic mass is 10.0. The number of carbonyl (C=O) groups is 2. The molecule has 3 aliphatic rings. The fraction of sp³-hybridized carbons (Fsp3) is 0.400. The minimum atomic E-state index is -0.707. The third-order valence-corrected chi connectivity index (χ3v) is 7.16. The number of hydrogen-bond acceptors (Lipinski definition) is 7. The normalized spacial score (nSPS) is 21.9. The Hall–Kier alpha value is -3.37. The lowest BCUT2D eigenvalue weighted by Gasteiger charge is -2.40. The van der Waals surface area contributed by atoms with E-state index in [-0.39, 0.29) is 70.2 Å². The molecule has 1 aromatic carbocycles. The molecule has 0 saturated carbocycles. The molecule has 2 saturated heterocycles. The number of phenolic OH excluding ortho intramolecular Hbond substituents is 1. The molecule has 1 aromatic heterocycles. The Labute approximate surface area is 212 Å². The van der Waals surface area contributed by atoms with Gasteiger partial charge in [-0.15, -0.1) is 0 Å². The van der Waals surface area contributed by atoms with Gasteiger partial charge in [0.15, 0.2) is 5.75 Å². The molecular formula is C25H26ClFN4O5. The molecular weight excluding hydrogens is 491 g/mol. The molecule has 2 amide bonds. The molecule has 190 valence electrons. The van der Waals surface area contributed by atoms with Crippen LogP contribution >= 0.6 is 11.6 Å². The number of benzene rings is 1. The van der Waals surface area contributed by atoms with Crippen LogP contribution in [0.1, 0.15) is 17.3 Å². The summed E-state index contributed by atoms with van der Waals surface area (Å²) in [4.78, 5) is 36.0. The van der Waals surface area contributed by atoms with Crippen molar-refractivity contribution in [1.82, 2.24) is 14.8 Å². The van der Waals surface area contributed by atoms with E-state index in [1.54, 1.807) is 9.80 Å². The van der Waals surface area contributed by atoms with Crippen molar-refractivity contribution in [3.63, 3.8) is 0 Å². The minimum absolute atomic E-state index is 0.0177. The van der Waals surface area contributed by atoms with E-state index in [9.17, 15) is 19.1 Å². The second-order valence-corrected chi connectivity index (χ2v) is 9.38. The van der Waals surface area contributed by atoms with Crippen LogP contribution in [0.2, 0.25) is 5.02 Å². The summed E-state index contributed by atoms with van der Waals surface area (Å²) in [6, 6.07) is 3.38. The number of halogens is 2. The van der Waals surface area contributed by atoms with Gasteiger partial charge in [-0.1, -0.05) is 24.2 Å². The first kappa shape index (κ1) is 24.3. The van der Waals surface area contributed by atoms with Crippen LogP contribution in [-0.2, 0) is 9.53 Å². The number of amides is 2. The largest absolute Gasteiger partial charge is 0.507 e. The number of aromatic hydroxyl groups is 1. The number of anilines is 1. The Morgan fingerprint density at radius 2 is 2.06 bits per heavy atom. The molecule has 0 spiro atoms. The SMILES string of the molecule is C=CC(=O)N1CCN2C(=O)c3c(N4CCOC[C@H]4C)nc(-c4c(O)cccc4F)c(Cl)c3OC[C@H]2C1. The standard InChI is InChI=1S/C25H26ClFN4O5/c1-3-18(33)29-7-8-31-15(11-29)13-36-23-20(25(31)34)24(30-9-10-35-12-14(30)2)28-22(21(23)26)19-16(27)5-4-6-17(19)32/h3-6,14-15,32H,1,7-13H2,2H3/t14-,15-/m1/s1. The van der Waals surface area contributed by atoms with Crippen molar-refractivity contribution in [2.45, 2.75) is 19.0 Å². The van der Waals surface area contributed by atoms with Crippen LogP contribution in [-0.4, -0.2) is 89.8 Å². The molecule has 9 nitrogen and oxygen atoms in total. The van der Waals surface area contributed by atoms with Crippen LogP contribution in [0.25, 0.3) is 11.3 Å². The van der Waals surface area contributed by atoms with Gasteiger partial charge < -0.3 is 29.3 Å². The van der Waals surface area contributed by atoms with Gasteiger partial charge in [-0.05, 0) is 25.1 Å². The van der Waals surface area contributed by atoms with Crippen molar-refractivity contribution >= 4 is 29.2 Å². The highest BCUT2D eigenvalue weighted by molar-refractivity contribution is 6.35. The van der Waals surface area contributed by atoms with E-state index in [0.717, 1.165) is 0 Å². The number of rotatable bonds is 3. The summed E-state index contributed by atoms with van der Waals surface area (Å²) in [7, 11) is 0. The van der Waals surface area contributed by atoms with Gasteiger partial charge in [-0.25, -0.2) is 9.37 Å². The molecule has 2 fully saturated rings. The molecule has 0 radical (unpaired) electrons. The monoisotopic (exact) mass is 516 g/mol. The lowest BCUT2D eigenvalue weighted by molar-refractivity contribution is -0.128. The van der Waals surface area contributed by atoms with E-state index in [0.29, 0.717) is 32.8 Å². The number of phenols is 1. The van der Waals surface area contributed by atoms with Gasteiger partial charge in [0.05, 0.1) is 30.9 Å². The van der Waals surface area contributed by atoms with Crippen molar-refractivity contribution in [2.75, 3.05) is 50.9 Å². The highest BCUT2D eigenvalue weighted by Gasteiger charge is 2.41. The lowest BCUT2D eigenvalue weighted by Crippen LogP contribution is -2.57. The van der Waals surface area contributed by atoms with Crippen LogP contribution in [0.3, 0.4) is 0 Å². The highest BCUT2D eigenvalue weighted by Crippen LogP contribution is 2.46. The van der Waals surface area contributed by atoms with Crippen molar-refractivity contribution in [2.24, 2.45) is 0 Å². The maximum atomic E-state index is 14.9. The molecule has 0 aliphatic carbocycles. The molecule has 0 bridgehead atoms. The number of nitrogens with zero attached hydrogens (tertiary/aromatic N) is 4. The Bertz CT molecular complexity index is 1220. The molecule has 2 atom stereocenters. The summed E-state index contributed by atoms with van der Waals surface area (Å²) >= 11 is 6.73. The van der Waals surface area contributed by atoms with E-state index < -0.39 is 11.9 Å². The first-order valence-corrected chi connectivity index (χ1v) is 12.1. The molecule has 2 aromatic rings. The van der Waals surface area contributed by atoms with Crippen molar-refractivity contribution in [1.29, 1.82) is 0 Å².